The quantitative estimate of drug-likeness (QED) is 0.0534. The number of carbonyl (C=O) groups excluding carboxylic acids is 6. The number of nitrogens with zero attached hydrogens (tertiary/aromatic N) is 2. The summed E-state index contributed by atoms with van der Waals surface area (Å²) in [7, 11) is 0. The summed E-state index contributed by atoms with van der Waals surface area (Å²) in [6.07, 6.45) is 4.09. The maximum atomic E-state index is 14.8. The van der Waals surface area contributed by atoms with Crippen molar-refractivity contribution in [3.05, 3.63) is 83.4 Å². The summed E-state index contributed by atoms with van der Waals surface area (Å²) >= 11 is 0. The lowest BCUT2D eigenvalue weighted by molar-refractivity contribution is -0.246. The summed E-state index contributed by atoms with van der Waals surface area (Å²) in [5.41, 5.74) is 0.597. The Morgan fingerprint density at radius 1 is 0.814 bits per heavy atom. The van der Waals surface area contributed by atoms with Crippen molar-refractivity contribution in [3.8, 4) is 0 Å². The van der Waals surface area contributed by atoms with Crippen LogP contribution in [0.4, 0.5) is 9.59 Å². The molecular weight excluding hydrogens is 891 g/mol. The largest absolute Gasteiger partial charge is 0.445 e. The molecule has 0 spiro atoms. The number of rotatable bonds is 21. The van der Waals surface area contributed by atoms with Crippen LogP contribution in [-0.4, -0.2) is 111 Å². The molecule has 2 saturated heterocycles. The summed E-state index contributed by atoms with van der Waals surface area (Å²) in [5, 5.41) is 27.0. The summed E-state index contributed by atoms with van der Waals surface area (Å²) in [5.74, 6) is -2.54. The third-order valence-electron chi connectivity index (χ3n) is 12.9. The lowest BCUT2D eigenvalue weighted by Crippen LogP contribution is -2.64. The molecule has 0 bridgehead atoms. The molecular formula is C54H83N7O9. The topological polar surface area (TPSA) is 208 Å². The second kappa shape index (κ2) is 25.6. The average Bonchev–Trinajstić information content (AvgIpc) is 3.77. The van der Waals surface area contributed by atoms with E-state index in [2.05, 4.69) is 40.4 Å². The summed E-state index contributed by atoms with van der Waals surface area (Å²) in [6.45, 7) is 23.3. The smallest absolute Gasteiger partial charge is 0.408 e. The predicted octanol–water partition coefficient (Wildman–Crippen LogP) is 7.58. The Labute approximate surface area is 416 Å². The molecule has 2 aromatic carbocycles. The molecule has 0 aliphatic carbocycles. The molecule has 0 radical (unpaired) electrons. The minimum absolute atomic E-state index is 0.0984. The SMILES string of the molecule is C/C(=C\[C@H](Cc1ccccc1)C(=O)N1CCC[C@H]1C(=O)N[C@H](C(=O)N[C@@H](CCCNC(=O)OCc1ccccc1)C(=O)NC1CC(C)(C)N(O)C(C)(C)C1)C(C)C)[C@H](CC(C)C)NC(=O)OC(C)(C)C. The first-order valence-corrected chi connectivity index (χ1v) is 25.1. The van der Waals surface area contributed by atoms with Crippen molar-refractivity contribution in [2.75, 3.05) is 13.1 Å². The van der Waals surface area contributed by atoms with Gasteiger partial charge in [-0.15, -0.1) is 0 Å². The van der Waals surface area contributed by atoms with Crippen LogP contribution < -0.4 is 26.6 Å². The van der Waals surface area contributed by atoms with Crippen LogP contribution >= 0.6 is 0 Å². The molecule has 2 aromatic rings. The maximum absolute atomic E-state index is 14.8. The minimum Gasteiger partial charge on any atom is -0.445 e. The van der Waals surface area contributed by atoms with Gasteiger partial charge in [-0.2, -0.15) is 5.06 Å². The fourth-order valence-electron chi connectivity index (χ4n) is 9.57. The monoisotopic (exact) mass is 974 g/mol. The van der Waals surface area contributed by atoms with E-state index in [4.69, 9.17) is 9.47 Å². The summed E-state index contributed by atoms with van der Waals surface area (Å²) < 4.78 is 10.9. The van der Waals surface area contributed by atoms with Crippen molar-refractivity contribution in [1.29, 1.82) is 0 Å². The lowest BCUT2D eigenvalue weighted by Gasteiger charge is -2.51. The third-order valence-corrected chi connectivity index (χ3v) is 12.9. The van der Waals surface area contributed by atoms with Gasteiger partial charge in [-0.1, -0.05) is 100 Å². The molecule has 0 unspecified atom stereocenters. The highest BCUT2D eigenvalue weighted by Crippen LogP contribution is 2.37. The number of ether oxygens (including phenoxy) is 2. The van der Waals surface area contributed by atoms with E-state index in [-0.39, 0.29) is 37.4 Å². The van der Waals surface area contributed by atoms with Crippen LogP contribution in [0, 0.1) is 17.8 Å². The van der Waals surface area contributed by atoms with Gasteiger partial charge in [0.25, 0.3) is 0 Å². The van der Waals surface area contributed by atoms with Gasteiger partial charge in [-0.05, 0) is 130 Å². The Morgan fingerprint density at radius 2 is 1.41 bits per heavy atom. The van der Waals surface area contributed by atoms with Gasteiger partial charge in [0.1, 0.15) is 30.3 Å². The number of hydrogen-bond acceptors (Lipinski definition) is 10. The lowest BCUT2D eigenvalue weighted by atomic mass is 9.79. The van der Waals surface area contributed by atoms with Gasteiger partial charge in [0, 0.05) is 30.2 Å². The maximum Gasteiger partial charge on any atom is 0.408 e. The third kappa shape index (κ3) is 17.7. The second-order valence-corrected chi connectivity index (χ2v) is 22.2. The highest BCUT2D eigenvalue weighted by molar-refractivity contribution is 5.95. The normalized spacial score (nSPS) is 19.1. The molecule has 6 amide bonds. The van der Waals surface area contributed by atoms with Crippen molar-refractivity contribution >= 4 is 35.8 Å². The Hall–Kier alpha value is -5.48. The van der Waals surface area contributed by atoms with E-state index in [9.17, 15) is 34.0 Å². The van der Waals surface area contributed by atoms with Crippen molar-refractivity contribution in [2.45, 2.75) is 188 Å². The zero-order valence-electron chi connectivity index (χ0n) is 43.9. The van der Waals surface area contributed by atoms with Crippen LogP contribution in [0.3, 0.4) is 0 Å². The average molecular weight is 974 g/mol. The summed E-state index contributed by atoms with van der Waals surface area (Å²) in [4.78, 5) is 84.8. The van der Waals surface area contributed by atoms with Crippen LogP contribution in [0.15, 0.2) is 72.3 Å². The Kier molecular flexibility index (Phi) is 20.9. The van der Waals surface area contributed by atoms with Crippen LogP contribution in [0.2, 0.25) is 0 Å². The fraction of sp³-hybridized carbons (Fsp3) is 0.630. The van der Waals surface area contributed by atoms with Crippen LogP contribution in [0.25, 0.3) is 0 Å². The van der Waals surface area contributed by atoms with Gasteiger partial charge in [0.15, 0.2) is 0 Å². The van der Waals surface area contributed by atoms with Gasteiger partial charge in [0.05, 0.1) is 12.0 Å². The first-order valence-electron chi connectivity index (χ1n) is 25.1. The molecule has 2 aliphatic heterocycles. The van der Waals surface area contributed by atoms with E-state index in [0.717, 1.165) is 16.7 Å². The molecule has 16 heteroatoms. The number of nitrogens with one attached hydrogen (secondary N) is 5. The van der Waals surface area contributed by atoms with Gasteiger partial charge >= 0.3 is 12.2 Å². The number of carbonyl (C=O) groups is 6. The van der Waals surface area contributed by atoms with Crippen molar-refractivity contribution in [3.63, 3.8) is 0 Å². The highest BCUT2D eigenvalue weighted by Gasteiger charge is 2.46. The Balaban J connectivity index is 1.52. The number of likely N-dealkylation sites (tertiary alicyclic amines) is 1. The molecule has 0 aromatic heterocycles. The molecule has 2 heterocycles. The highest BCUT2D eigenvalue weighted by atomic mass is 16.6. The van der Waals surface area contributed by atoms with Gasteiger partial charge in [-0.3, -0.25) is 19.2 Å². The molecule has 0 saturated carbocycles. The van der Waals surface area contributed by atoms with E-state index < -0.39 is 82.6 Å². The fourth-order valence-corrected chi connectivity index (χ4v) is 9.57. The molecule has 2 fully saturated rings. The first kappa shape index (κ1) is 57.1. The molecule has 5 atom stereocenters. The zero-order valence-corrected chi connectivity index (χ0v) is 43.9. The minimum atomic E-state index is -1.06. The van der Waals surface area contributed by atoms with E-state index in [1.807, 2.05) is 101 Å². The summed E-state index contributed by atoms with van der Waals surface area (Å²) in [6, 6.07) is 15.3. The Bertz CT molecular complexity index is 2070. The molecule has 16 nitrogen and oxygen atoms in total. The van der Waals surface area contributed by atoms with Crippen LogP contribution in [0.5, 0.6) is 0 Å². The van der Waals surface area contributed by atoms with Gasteiger partial charge < -0.3 is 46.2 Å². The van der Waals surface area contributed by atoms with E-state index in [1.165, 1.54) is 5.06 Å². The van der Waals surface area contributed by atoms with Crippen LogP contribution in [0.1, 0.15) is 139 Å². The second-order valence-electron chi connectivity index (χ2n) is 22.2. The number of benzene rings is 2. The number of hydrogen-bond donors (Lipinski definition) is 6. The van der Waals surface area contributed by atoms with Gasteiger partial charge in [0.2, 0.25) is 23.6 Å². The van der Waals surface area contributed by atoms with Crippen molar-refractivity contribution in [2.24, 2.45) is 17.8 Å². The predicted molar refractivity (Wildman–Crippen MR) is 270 cm³/mol. The van der Waals surface area contributed by atoms with Gasteiger partial charge in [-0.25, -0.2) is 9.59 Å². The molecule has 4 rings (SSSR count). The number of alkyl carbamates (subject to hydrolysis) is 2. The van der Waals surface area contributed by atoms with E-state index in [1.54, 1.807) is 39.5 Å². The first-order chi connectivity index (χ1) is 32.8. The number of hydroxylamine groups is 2. The number of amides is 6. The standard InChI is InChI=1S/C54H83N7O9/c1-35(2)29-43(58-51(67)70-52(6,7)8)37(5)30-40(31-38-21-15-13-16-22-38)49(65)60-28-20-26-44(60)47(63)59-45(36(3)4)48(64)57-42(25-19-27-55-50(66)69-34-39-23-17-14-18-24-39)46(62)56-41-32-53(9,10)61(68)54(11,12)33-41/h13-18,21-24,30,35-36,40-45,68H,19-20,25-29,31-34H2,1-12H3,(H,55,66)(H,56,62)(H,57,64)(H,58,67)(H,59,63)/b37-30+/t40-,42+,43+,44+,45+/m1/s1. The number of piperidine rings is 1. The van der Waals surface area contributed by atoms with Crippen molar-refractivity contribution < 1.29 is 43.4 Å². The van der Waals surface area contributed by atoms with E-state index in [0.29, 0.717) is 51.5 Å². The molecule has 6 N–H and O–H groups in total. The zero-order chi connectivity index (χ0) is 52.0. The molecule has 2 aliphatic rings. The van der Waals surface area contributed by atoms with Crippen LogP contribution in [-0.2, 0) is 41.7 Å². The Morgan fingerprint density at radius 3 is 1.99 bits per heavy atom. The van der Waals surface area contributed by atoms with Crippen molar-refractivity contribution in [1.82, 2.24) is 36.5 Å². The molecule has 388 valence electrons. The molecule has 70 heavy (non-hydrogen) atoms. The van der Waals surface area contributed by atoms with E-state index >= 15 is 0 Å².